The Kier molecular flexibility index (Phi) is 9.72. The number of carbonyl (C=O) groups is 2. The van der Waals surface area contributed by atoms with Crippen LogP contribution >= 0.6 is 23.1 Å². The van der Waals surface area contributed by atoms with Gasteiger partial charge in [0.15, 0.2) is 12.4 Å². The lowest BCUT2D eigenvalue weighted by Crippen LogP contribution is -3.00. The summed E-state index contributed by atoms with van der Waals surface area (Å²) in [5, 5.41) is 4.84. The molecule has 0 radical (unpaired) electrons. The van der Waals surface area contributed by atoms with Gasteiger partial charge >= 0.3 is 5.97 Å². The minimum Gasteiger partial charge on any atom is -1.00 e. The number of aromatic nitrogens is 1. The van der Waals surface area contributed by atoms with Crippen LogP contribution in [0.15, 0.2) is 120 Å². The highest BCUT2D eigenvalue weighted by Crippen LogP contribution is 2.41. The van der Waals surface area contributed by atoms with E-state index in [4.69, 9.17) is 4.74 Å². The van der Waals surface area contributed by atoms with E-state index in [-0.39, 0.29) is 48.8 Å². The highest BCUT2D eigenvalue weighted by atomic mass is 127. The lowest BCUT2D eigenvalue weighted by atomic mass is 9.98. The molecule has 0 atom stereocenters. The Labute approximate surface area is 270 Å². The molecule has 0 spiro atoms. The number of benzene rings is 4. The number of ether oxygens (including phenoxy) is 1. The van der Waals surface area contributed by atoms with Crippen molar-refractivity contribution in [3.63, 3.8) is 0 Å². The Morgan fingerprint density at radius 2 is 1.38 bits per heavy atom. The van der Waals surface area contributed by atoms with E-state index < -0.39 is 0 Å². The van der Waals surface area contributed by atoms with Gasteiger partial charge in [0.05, 0.1) is 23.5 Å². The van der Waals surface area contributed by atoms with Gasteiger partial charge in [0, 0.05) is 23.4 Å². The van der Waals surface area contributed by atoms with Crippen LogP contribution in [0.3, 0.4) is 0 Å². The van der Waals surface area contributed by atoms with Crippen LogP contribution in [0.2, 0.25) is 0 Å². The van der Waals surface area contributed by atoms with E-state index in [0.29, 0.717) is 21.8 Å². The van der Waals surface area contributed by atoms with Crippen LogP contribution in [-0.2, 0) is 21.7 Å². The van der Waals surface area contributed by atoms with Gasteiger partial charge in [-0.15, -0.1) is 23.1 Å². The Balaban J connectivity index is 0.00000353. The number of halogens is 1. The van der Waals surface area contributed by atoms with Crippen LogP contribution in [0.25, 0.3) is 27.2 Å². The van der Waals surface area contributed by atoms with Gasteiger partial charge in [0.2, 0.25) is 11.5 Å². The summed E-state index contributed by atoms with van der Waals surface area (Å²) in [6, 6.07) is 34.3. The zero-order valence-electron chi connectivity index (χ0n) is 23.0. The van der Waals surface area contributed by atoms with E-state index >= 15 is 0 Å². The Bertz CT molecular complexity index is 1820. The molecule has 6 aromatic rings. The molecule has 0 aliphatic carbocycles. The minimum absolute atomic E-state index is 0. The summed E-state index contributed by atoms with van der Waals surface area (Å²) in [4.78, 5) is 27.3. The predicted octanol–water partition coefficient (Wildman–Crippen LogP) is 4.96. The van der Waals surface area contributed by atoms with Crippen molar-refractivity contribution in [1.29, 1.82) is 0 Å². The summed E-state index contributed by atoms with van der Waals surface area (Å²) in [7, 11) is 0. The maximum atomic E-state index is 13.9. The smallest absolute Gasteiger partial charge is 0.310 e. The second kappa shape index (κ2) is 13.6. The summed E-state index contributed by atoms with van der Waals surface area (Å²) in [6.45, 7) is 2.08. The molecule has 0 fully saturated rings. The van der Waals surface area contributed by atoms with Crippen LogP contribution < -0.4 is 28.5 Å². The van der Waals surface area contributed by atoms with Gasteiger partial charge in [-0.05, 0) is 40.1 Å². The van der Waals surface area contributed by atoms with Gasteiger partial charge in [-0.1, -0.05) is 84.9 Å². The van der Waals surface area contributed by atoms with Crippen molar-refractivity contribution in [2.24, 2.45) is 0 Å². The number of rotatable bonds is 9. The molecule has 0 aliphatic rings. The summed E-state index contributed by atoms with van der Waals surface area (Å²) in [5.41, 5.74) is 3.41. The number of nitrogens with zero attached hydrogens (tertiary/aromatic N) is 1. The molecule has 42 heavy (non-hydrogen) atoms. The molecular weight excluding hydrogens is 673 g/mol. The zero-order valence-corrected chi connectivity index (χ0v) is 26.7. The second-order valence-electron chi connectivity index (χ2n) is 9.59. The maximum absolute atomic E-state index is 13.9. The molecular formula is C35H28INO3S2. The van der Waals surface area contributed by atoms with E-state index in [1.54, 1.807) is 18.7 Å². The van der Waals surface area contributed by atoms with Crippen molar-refractivity contribution in [1.82, 2.24) is 0 Å². The molecule has 0 unspecified atom stereocenters. The molecule has 0 bridgehead atoms. The molecule has 4 nitrogen and oxygen atoms in total. The molecule has 2 heterocycles. The van der Waals surface area contributed by atoms with Crippen molar-refractivity contribution in [3.05, 3.63) is 137 Å². The van der Waals surface area contributed by atoms with Gasteiger partial charge < -0.3 is 28.7 Å². The topological polar surface area (TPSA) is 47.3 Å². The Morgan fingerprint density at radius 1 is 0.786 bits per heavy atom. The van der Waals surface area contributed by atoms with Crippen molar-refractivity contribution in [2.45, 2.75) is 23.3 Å². The standard InChI is InChI=1S/C35H28NO3S2.HI/c1-2-39-31(37)22-29-32(36-19-11-4-12-20-36)35(41-34(29)33(38)24-13-5-3-6-14-24)40-23-30-27-17-9-7-15-25(27)21-26-16-8-10-18-28(26)30;/h3-21H,2,22-23H2,1H3;1H/q+1;/p-1. The van der Waals surface area contributed by atoms with E-state index in [1.807, 2.05) is 65.5 Å². The third-order valence-corrected chi connectivity index (χ3v) is 9.53. The first-order valence-electron chi connectivity index (χ1n) is 13.5. The average Bonchev–Trinajstić information content (AvgIpc) is 3.37. The summed E-state index contributed by atoms with van der Waals surface area (Å²) < 4.78 is 8.34. The fourth-order valence-electron chi connectivity index (χ4n) is 5.17. The van der Waals surface area contributed by atoms with Gasteiger partial charge in [-0.25, -0.2) is 0 Å². The molecule has 0 amide bonds. The highest BCUT2D eigenvalue weighted by molar-refractivity contribution is 8.00. The van der Waals surface area contributed by atoms with E-state index in [9.17, 15) is 9.59 Å². The molecule has 0 saturated carbocycles. The number of esters is 1. The molecule has 7 heteroatoms. The summed E-state index contributed by atoms with van der Waals surface area (Å²) in [6.07, 6.45) is 3.95. The fraction of sp³-hybridized carbons (Fsp3) is 0.114. The quantitative estimate of drug-likeness (QED) is 0.0535. The lowest BCUT2D eigenvalue weighted by Gasteiger charge is -2.11. The van der Waals surface area contributed by atoms with Gasteiger partial charge in [-0.3, -0.25) is 9.59 Å². The Hall–Kier alpha value is -3.53. The van der Waals surface area contributed by atoms with Crippen LogP contribution in [0.1, 0.15) is 33.3 Å². The van der Waals surface area contributed by atoms with Crippen LogP contribution in [0, 0.1) is 0 Å². The largest absolute Gasteiger partial charge is 1.00 e. The molecule has 0 aliphatic heterocycles. The Morgan fingerprint density at radius 3 is 2.02 bits per heavy atom. The number of ketones is 1. The SMILES string of the molecule is CCOC(=O)Cc1c(C(=O)c2ccccc2)sc(SCc2c3ccccc3cc3ccccc23)c1-[n+]1ccccc1.[I-]. The van der Waals surface area contributed by atoms with Crippen molar-refractivity contribution in [2.75, 3.05) is 6.61 Å². The average molecular weight is 702 g/mol. The first-order chi connectivity index (χ1) is 20.1. The molecule has 2 aromatic heterocycles. The number of fused-ring (bicyclic) bond motifs is 2. The molecule has 4 aromatic carbocycles. The number of thiophene rings is 1. The normalized spacial score (nSPS) is 10.9. The molecule has 6 rings (SSSR count). The number of hydrogen-bond acceptors (Lipinski definition) is 5. The van der Waals surface area contributed by atoms with Crippen LogP contribution in [-0.4, -0.2) is 18.4 Å². The van der Waals surface area contributed by atoms with Crippen LogP contribution in [0.4, 0.5) is 0 Å². The number of thioether (sulfide) groups is 1. The monoisotopic (exact) mass is 701 g/mol. The van der Waals surface area contributed by atoms with E-state index in [1.165, 1.54) is 38.4 Å². The van der Waals surface area contributed by atoms with E-state index in [0.717, 1.165) is 9.90 Å². The van der Waals surface area contributed by atoms with Crippen LogP contribution in [0.5, 0.6) is 0 Å². The van der Waals surface area contributed by atoms with Crippen molar-refractivity contribution in [3.8, 4) is 5.69 Å². The van der Waals surface area contributed by atoms with Gasteiger partial charge in [-0.2, -0.15) is 4.57 Å². The zero-order chi connectivity index (χ0) is 28.2. The third kappa shape index (κ3) is 6.14. The molecule has 0 N–H and O–H groups in total. The number of hydrogen-bond donors (Lipinski definition) is 0. The predicted molar refractivity (Wildman–Crippen MR) is 167 cm³/mol. The molecule has 0 saturated heterocycles. The molecule has 210 valence electrons. The second-order valence-corrected chi connectivity index (χ2v) is 11.9. The first kappa shape index (κ1) is 29.9. The lowest BCUT2D eigenvalue weighted by molar-refractivity contribution is -0.598. The first-order valence-corrected chi connectivity index (χ1v) is 15.3. The maximum Gasteiger partial charge on any atom is 0.310 e. The van der Waals surface area contributed by atoms with Crippen molar-refractivity contribution >= 4 is 56.4 Å². The van der Waals surface area contributed by atoms with Gasteiger partial charge in [0.25, 0.3) is 0 Å². The number of pyridine rings is 1. The minimum atomic E-state index is -0.346. The summed E-state index contributed by atoms with van der Waals surface area (Å²) >= 11 is 3.16. The van der Waals surface area contributed by atoms with E-state index in [2.05, 4.69) is 54.6 Å². The number of carbonyl (C=O) groups excluding carboxylic acids is 2. The van der Waals surface area contributed by atoms with Gasteiger partial charge in [0.1, 0.15) is 4.21 Å². The van der Waals surface area contributed by atoms with Crippen molar-refractivity contribution < 1.29 is 42.9 Å². The summed E-state index contributed by atoms with van der Waals surface area (Å²) in [5.74, 6) is 0.276. The fourth-order valence-corrected chi connectivity index (χ4v) is 7.79. The third-order valence-electron chi connectivity index (χ3n) is 7.02. The highest BCUT2D eigenvalue weighted by Gasteiger charge is 2.31.